The fourth-order valence-electron chi connectivity index (χ4n) is 4.87. The number of fused-ring (bicyclic) bond motifs is 3. The normalized spacial score (nSPS) is 20.8. The molecule has 154 valence electrons. The summed E-state index contributed by atoms with van der Waals surface area (Å²) in [6.07, 6.45) is 4.27. The Labute approximate surface area is 176 Å². The molecule has 2 aliphatic heterocycles. The Bertz CT molecular complexity index is 1150. The lowest BCUT2D eigenvalue weighted by molar-refractivity contribution is 0.0827. The second kappa shape index (κ2) is 6.64. The molecule has 0 fully saturated rings. The molecule has 6 heteroatoms. The monoisotopic (exact) mass is 402 g/mol. The molecule has 0 bridgehead atoms. The summed E-state index contributed by atoms with van der Waals surface area (Å²) in [7, 11) is 3.74. The Kier molecular flexibility index (Phi) is 4.15. The average molecular weight is 402 g/mol. The van der Waals surface area contributed by atoms with Crippen LogP contribution < -0.4 is 10.2 Å². The molecule has 1 aliphatic carbocycles. The highest BCUT2D eigenvalue weighted by atomic mass is 16.3. The van der Waals surface area contributed by atoms with Crippen LogP contribution in [0.2, 0.25) is 0 Å². The number of benzene rings is 1. The molecule has 5 rings (SSSR count). The molecular weight excluding hydrogens is 376 g/mol. The van der Waals surface area contributed by atoms with Gasteiger partial charge in [0.15, 0.2) is 0 Å². The minimum atomic E-state index is -0.0709. The van der Waals surface area contributed by atoms with E-state index >= 15 is 0 Å². The summed E-state index contributed by atoms with van der Waals surface area (Å²) in [4.78, 5) is 17.1. The van der Waals surface area contributed by atoms with Crippen LogP contribution in [0, 0.1) is 6.92 Å². The lowest BCUT2D eigenvalue weighted by Crippen LogP contribution is -2.41. The van der Waals surface area contributed by atoms with Gasteiger partial charge in [-0.15, -0.1) is 0 Å². The number of amides is 1. The van der Waals surface area contributed by atoms with Crippen LogP contribution in [0.25, 0.3) is 11.3 Å². The molecule has 30 heavy (non-hydrogen) atoms. The highest BCUT2D eigenvalue weighted by molar-refractivity contribution is 6.10. The SMILES string of the molecule is C=C1N(C)C(=O)c2c(c3n(c2-c2cccc(C)c2)CCNC3C2=CC=C(O)C2)N1C. The maximum Gasteiger partial charge on any atom is 0.263 e. The summed E-state index contributed by atoms with van der Waals surface area (Å²) < 4.78 is 2.29. The van der Waals surface area contributed by atoms with E-state index in [4.69, 9.17) is 0 Å². The number of aliphatic hydroxyl groups is 1. The highest BCUT2D eigenvalue weighted by Gasteiger charge is 2.41. The largest absolute Gasteiger partial charge is 0.512 e. The molecule has 0 saturated carbocycles. The van der Waals surface area contributed by atoms with Gasteiger partial charge in [-0.1, -0.05) is 36.4 Å². The molecule has 1 atom stereocenters. The smallest absolute Gasteiger partial charge is 0.263 e. The van der Waals surface area contributed by atoms with Crippen molar-refractivity contribution in [2.75, 3.05) is 25.5 Å². The van der Waals surface area contributed by atoms with Crippen molar-refractivity contribution in [1.29, 1.82) is 0 Å². The van der Waals surface area contributed by atoms with Crippen molar-refractivity contribution in [3.05, 3.63) is 77.0 Å². The summed E-state index contributed by atoms with van der Waals surface area (Å²) in [6.45, 7) is 7.77. The molecule has 0 spiro atoms. The summed E-state index contributed by atoms with van der Waals surface area (Å²) in [5.41, 5.74) is 6.96. The first-order chi connectivity index (χ1) is 14.4. The van der Waals surface area contributed by atoms with Crippen LogP contribution >= 0.6 is 0 Å². The zero-order valence-electron chi connectivity index (χ0n) is 17.6. The molecule has 2 N–H and O–H groups in total. The molecule has 3 aliphatic rings. The minimum absolute atomic E-state index is 0.0355. The fraction of sp³-hybridized carbons (Fsp3) is 0.292. The molecule has 1 aromatic heterocycles. The van der Waals surface area contributed by atoms with Gasteiger partial charge in [-0.05, 0) is 30.2 Å². The number of hydrogen-bond acceptors (Lipinski definition) is 4. The van der Waals surface area contributed by atoms with E-state index in [9.17, 15) is 9.90 Å². The molecular formula is C24H26N4O2. The summed E-state index contributed by atoms with van der Waals surface area (Å²) >= 11 is 0. The molecule has 1 aromatic carbocycles. The number of aliphatic hydroxyl groups excluding tert-OH is 1. The van der Waals surface area contributed by atoms with Gasteiger partial charge in [-0.3, -0.25) is 9.69 Å². The summed E-state index contributed by atoms with van der Waals surface area (Å²) in [5, 5.41) is 13.6. The third kappa shape index (κ3) is 2.57. The average Bonchev–Trinajstić information content (AvgIpc) is 3.32. The van der Waals surface area contributed by atoms with Crippen LogP contribution in [-0.2, 0) is 6.54 Å². The van der Waals surface area contributed by atoms with Gasteiger partial charge < -0.3 is 19.9 Å². The first kappa shape index (κ1) is 18.8. The van der Waals surface area contributed by atoms with Crippen molar-refractivity contribution < 1.29 is 9.90 Å². The second-order valence-electron chi connectivity index (χ2n) is 8.28. The first-order valence-electron chi connectivity index (χ1n) is 10.2. The van der Waals surface area contributed by atoms with E-state index < -0.39 is 0 Å². The van der Waals surface area contributed by atoms with E-state index in [1.807, 2.05) is 24.1 Å². The third-order valence-corrected chi connectivity index (χ3v) is 6.40. The van der Waals surface area contributed by atoms with Crippen molar-refractivity contribution in [2.24, 2.45) is 0 Å². The molecule has 2 aromatic rings. The molecule has 0 saturated heterocycles. The Hall–Kier alpha value is -3.25. The Morgan fingerprint density at radius 2 is 2.00 bits per heavy atom. The maximum atomic E-state index is 13.5. The van der Waals surface area contributed by atoms with Crippen LogP contribution in [0.4, 0.5) is 5.69 Å². The standard InChI is InChI=1S/C24H26N4O2/c1-14-6-5-7-17(12-14)21-19-22(26(3)15(2)27(4)24(19)30)23-20(25-10-11-28(21)23)16-8-9-18(29)13-16/h5-9,12,20,25,29H,2,10-11,13H2,1,3-4H3. The molecule has 1 amide bonds. The van der Waals surface area contributed by atoms with Gasteiger partial charge in [-0.2, -0.15) is 0 Å². The Balaban J connectivity index is 1.81. The van der Waals surface area contributed by atoms with Crippen LogP contribution in [0.15, 0.2) is 60.1 Å². The van der Waals surface area contributed by atoms with E-state index in [1.54, 1.807) is 18.0 Å². The molecule has 3 heterocycles. The van der Waals surface area contributed by atoms with Crippen molar-refractivity contribution in [3.8, 4) is 11.3 Å². The number of aryl methyl sites for hydroxylation is 1. The number of allylic oxidation sites excluding steroid dienone is 3. The van der Waals surface area contributed by atoms with Gasteiger partial charge in [0.25, 0.3) is 5.91 Å². The molecule has 1 unspecified atom stereocenters. The number of carbonyl (C=O) groups excluding carboxylic acids is 1. The Morgan fingerprint density at radius 3 is 2.70 bits per heavy atom. The molecule has 6 nitrogen and oxygen atoms in total. The van der Waals surface area contributed by atoms with Gasteiger partial charge in [-0.25, -0.2) is 0 Å². The van der Waals surface area contributed by atoms with Crippen LogP contribution in [0.5, 0.6) is 0 Å². The number of carbonyl (C=O) groups is 1. The number of nitrogens with zero attached hydrogens (tertiary/aromatic N) is 3. The van der Waals surface area contributed by atoms with Crippen molar-refractivity contribution in [1.82, 2.24) is 14.8 Å². The van der Waals surface area contributed by atoms with E-state index in [0.717, 1.165) is 52.4 Å². The maximum absolute atomic E-state index is 13.5. The van der Waals surface area contributed by atoms with E-state index in [1.165, 1.54) is 0 Å². The Morgan fingerprint density at radius 1 is 1.20 bits per heavy atom. The third-order valence-electron chi connectivity index (χ3n) is 6.40. The zero-order chi connectivity index (χ0) is 21.2. The number of rotatable bonds is 2. The highest BCUT2D eigenvalue weighted by Crippen LogP contribution is 2.48. The minimum Gasteiger partial charge on any atom is -0.512 e. The molecule has 0 radical (unpaired) electrons. The van der Waals surface area contributed by atoms with Crippen molar-refractivity contribution in [2.45, 2.75) is 25.9 Å². The zero-order valence-corrected chi connectivity index (χ0v) is 17.6. The summed E-state index contributed by atoms with van der Waals surface area (Å²) in [6, 6.07) is 8.25. The number of anilines is 1. The summed E-state index contributed by atoms with van der Waals surface area (Å²) in [5.74, 6) is 0.992. The van der Waals surface area contributed by atoms with Gasteiger partial charge >= 0.3 is 0 Å². The van der Waals surface area contributed by atoms with E-state index in [0.29, 0.717) is 18.0 Å². The number of hydrogen-bond donors (Lipinski definition) is 2. The van der Waals surface area contributed by atoms with E-state index in [2.05, 4.69) is 41.6 Å². The van der Waals surface area contributed by atoms with Gasteiger partial charge in [0.2, 0.25) is 0 Å². The second-order valence-corrected chi connectivity index (χ2v) is 8.28. The van der Waals surface area contributed by atoms with Crippen LogP contribution in [-0.4, -0.2) is 41.1 Å². The lowest BCUT2D eigenvalue weighted by atomic mass is 9.97. The first-order valence-corrected chi connectivity index (χ1v) is 10.2. The van der Waals surface area contributed by atoms with Gasteiger partial charge in [0, 0.05) is 33.6 Å². The quantitative estimate of drug-likeness (QED) is 0.801. The van der Waals surface area contributed by atoms with Gasteiger partial charge in [0.05, 0.1) is 34.4 Å². The van der Waals surface area contributed by atoms with Crippen LogP contribution in [0.3, 0.4) is 0 Å². The van der Waals surface area contributed by atoms with Gasteiger partial charge in [0.1, 0.15) is 5.82 Å². The number of aromatic nitrogens is 1. The van der Waals surface area contributed by atoms with Crippen LogP contribution in [0.1, 0.15) is 34.1 Å². The van der Waals surface area contributed by atoms with Crippen molar-refractivity contribution in [3.63, 3.8) is 0 Å². The number of nitrogens with one attached hydrogen (secondary N) is 1. The van der Waals surface area contributed by atoms with Crippen molar-refractivity contribution >= 4 is 11.6 Å². The topological polar surface area (TPSA) is 60.7 Å². The lowest BCUT2D eigenvalue weighted by Gasteiger charge is -2.36. The predicted molar refractivity (Wildman–Crippen MR) is 118 cm³/mol. The predicted octanol–water partition coefficient (Wildman–Crippen LogP) is 3.87. The van der Waals surface area contributed by atoms with E-state index in [-0.39, 0.29) is 11.9 Å². The fourth-order valence-corrected chi connectivity index (χ4v) is 4.87.